The molecule has 3 aliphatic rings. The molecule has 202 valence electrons. The quantitative estimate of drug-likeness (QED) is 0.518. The molecule has 2 N–H and O–H groups in total. The van der Waals surface area contributed by atoms with E-state index in [0.29, 0.717) is 24.9 Å². The van der Waals surface area contributed by atoms with E-state index in [-0.39, 0.29) is 25.0 Å². The van der Waals surface area contributed by atoms with Crippen LogP contribution in [0.4, 0.5) is 5.69 Å². The number of nitrogens with one attached hydrogen (secondary N) is 1. The Morgan fingerprint density at radius 2 is 1.82 bits per heavy atom. The van der Waals surface area contributed by atoms with Gasteiger partial charge in [0.15, 0.2) is 0 Å². The largest absolute Gasteiger partial charge is 0.466 e. The maximum absolute atomic E-state index is 14.3. The molecule has 3 heterocycles. The number of rotatable bonds is 8. The SMILES string of the molecule is CCOC(=O)[C@@H]1[C@H]2C(=O)N([C@@H](CO)Cc3ccccc3)C(C(=O)Nc3c(C)cccc3C)C23CC[C@@]1(C)O3. The minimum atomic E-state index is -1.19. The Labute approximate surface area is 223 Å². The number of carbonyl (C=O) groups excluding carboxylic acids is 3. The molecule has 0 radical (unpaired) electrons. The monoisotopic (exact) mass is 520 g/mol. The summed E-state index contributed by atoms with van der Waals surface area (Å²) in [5, 5.41) is 13.6. The Balaban J connectivity index is 1.59. The van der Waals surface area contributed by atoms with Gasteiger partial charge in [0.2, 0.25) is 11.8 Å². The third kappa shape index (κ3) is 4.01. The van der Waals surface area contributed by atoms with Crippen molar-refractivity contribution in [3.05, 3.63) is 65.2 Å². The number of anilines is 1. The van der Waals surface area contributed by atoms with Crippen molar-refractivity contribution < 1.29 is 29.0 Å². The van der Waals surface area contributed by atoms with E-state index in [4.69, 9.17) is 9.47 Å². The van der Waals surface area contributed by atoms with Crippen LogP contribution in [0.15, 0.2) is 48.5 Å². The Morgan fingerprint density at radius 1 is 1.13 bits per heavy atom. The fourth-order valence-electron chi connectivity index (χ4n) is 6.99. The Bertz CT molecular complexity index is 1230. The maximum atomic E-state index is 14.3. The van der Waals surface area contributed by atoms with Crippen LogP contribution in [0.2, 0.25) is 0 Å². The van der Waals surface area contributed by atoms with Gasteiger partial charge in [0.1, 0.15) is 17.6 Å². The molecule has 8 nitrogen and oxygen atoms in total. The van der Waals surface area contributed by atoms with E-state index in [1.807, 2.05) is 69.3 Å². The predicted octanol–water partition coefficient (Wildman–Crippen LogP) is 3.17. The minimum absolute atomic E-state index is 0.187. The van der Waals surface area contributed by atoms with Gasteiger partial charge in [-0.2, -0.15) is 0 Å². The number of nitrogens with zero attached hydrogens (tertiary/aromatic N) is 1. The first kappa shape index (κ1) is 26.4. The lowest BCUT2D eigenvalue weighted by Gasteiger charge is -2.37. The molecule has 5 rings (SSSR count). The second-order valence-electron chi connectivity index (χ2n) is 11.0. The van der Waals surface area contributed by atoms with Gasteiger partial charge in [-0.3, -0.25) is 14.4 Å². The summed E-state index contributed by atoms with van der Waals surface area (Å²) in [5.41, 5.74) is 1.34. The van der Waals surface area contributed by atoms with Crippen LogP contribution in [-0.4, -0.2) is 64.3 Å². The lowest BCUT2D eigenvalue weighted by molar-refractivity contribution is -0.160. The van der Waals surface area contributed by atoms with Gasteiger partial charge in [-0.25, -0.2) is 0 Å². The van der Waals surface area contributed by atoms with Gasteiger partial charge < -0.3 is 24.8 Å². The molecular weight excluding hydrogens is 484 g/mol. The topological polar surface area (TPSA) is 105 Å². The molecule has 0 saturated carbocycles. The Hall–Kier alpha value is -3.23. The van der Waals surface area contributed by atoms with Crippen LogP contribution in [0, 0.1) is 25.7 Å². The molecular formula is C30H36N2O6. The highest BCUT2D eigenvalue weighted by Gasteiger charge is 2.78. The van der Waals surface area contributed by atoms with Crippen molar-refractivity contribution in [3.8, 4) is 0 Å². The molecule has 0 aromatic heterocycles. The van der Waals surface area contributed by atoms with Crippen molar-refractivity contribution in [3.63, 3.8) is 0 Å². The predicted molar refractivity (Wildman–Crippen MR) is 141 cm³/mol. The first-order valence-corrected chi connectivity index (χ1v) is 13.4. The number of ether oxygens (including phenoxy) is 2. The van der Waals surface area contributed by atoms with Crippen molar-refractivity contribution in [2.24, 2.45) is 11.8 Å². The number of amides is 2. The molecule has 2 bridgehead atoms. The molecule has 3 aliphatic heterocycles. The summed E-state index contributed by atoms with van der Waals surface area (Å²) in [6.45, 7) is 7.26. The molecule has 2 amide bonds. The molecule has 2 aromatic rings. The van der Waals surface area contributed by atoms with Crippen LogP contribution in [-0.2, 0) is 30.3 Å². The highest BCUT2D eigenvalue weighted by atomic mass is 16.6. The summed E-state index contributed by atoms with van der Waals surface area (Å²) in [6.07, 6.45) is 1.35. The van der Waals surface area contributed by atoms with Gasteiger partial charge in [-0.1, -0.05) is 48.5 Å². The van der Waals surface area contributed by atoms with E-state index in [0.717, 1.165) is 16.7 Å². The summed E-state index contributed by atoms with van der Waals surface area (Å²) in [6, 6.07) is 13.6. The molecule has 38 heavy (non-hydrogen) atoms. The van der Waals surface area contributed by atoms with Gasteiger partial charge in [0.05, 0.1) is 30.8 Å². The zero-order valence-corrected chi connectivity index (χ0v) is 22.4. The van der Waals surface area contributed by atoms with Crippen LogP contribution in [0.25, 0.3) is 0 Å². The van der Waals surface area contributed by atoms with E-state index >= 15 is 0 Å². The highest BCUT2D eigenvalue weighted by molar-refractivity contribution is 6.04. The highest BCUT2D eigenvalue weighted by Crippen LogP contribution is 2.63. The molecule has 3 saturated heterocycles. The van der Waals surface area contributed by atoms with E-state index in [9.17, 15) is 19.5 Å². The Kier molecular flexibility index (Phi) is 6.82. The summed E-state index contributed by atoms with van der Waals surface area (Å²) in [7, 11) is 0. The van der Waals surface area contributed by atoms with Crippen molar-refractivity contribution in [2.75, 3.05) is 18.5 Å². The lowest BCUT2D eigenvalue weighted by Crippen LogP contribution is -2.57. The van der Waals surface area contributed by atoms with Crippen molar-refractivity contribution in [2.45, 2.75) is 70.2 Å². The van der Waals surface area contributed by atoms with Crippen LogP contribution in [0.1, 0.15) is 43.4 Å². The summed E-state index contributed by atoms with van der Waals surface area (Å²) >= 11 is 0. The van der Waals surface area contributed by atoms with Gasteiger partial charge in [0.25, 0.3) is 0 Å². The van der Waals surface area contributed by atoms with E-state index in [2.05, 4.69) is 5.32 Å². The number of likely N-dealkylation sites (tertiary alicyclic amines) is 1. The standard InChI is InChI=1S/C30H36N2O6/c1-5-37-28(36)23-22-27(35)32(21(17-33)16-20-12-7-6-8-13-20)25(30(22)15-14-29(23,4)38-30)26(34)31-24-18(2)10-9-11-19(24)3/h6-13,21-23,25,33H,5,14-17H2,1-4H3,(H,31,34)/t21-,22+,23+,25?,29-,30?/m1/s1. The van der Waals surface area contributed by atoms with Gasteiger partial charge >= 0.3 is 5.97 Å². The number of aliphatic hydroxyl groups excluding tert-OH is 1. The van der Waals surface area contributed by atoms with Gasteiger partial charge in [0, 0.05) is 5.69 Å². The number of fused-ring (bicyclic) bond motifs is 1. The number of aryl methyl sites for hydroxylation is 2. The number of hydrogen-bond acceptors (Lipinski definition) is 6. The molecule has 2 aromatic carbocycles. The number of benzene rings is 2. The van der Waals surface area contributed by atoms with Gasteiger partial charge in [-0.15, -0.1) is 0 Å². The molecule has 6 atom stereocenters. The van der Waals surface area contributed by atoms with Crippen LogP contribution in [0.5, 0.6) is 0 Å². The van der Waals surface area contributed by atoms with Crippen LogP contribution in [0.3, 0.4) is 0 Å². The summed E-state index contributed by atoms with van der Waals surface area (Å²) in [4.78, 5) is 43.2. The third-order valence-electron chi connectivity index (χ3n) is 8.65. The number of hydrogen-bond donors (Lipinski definition) is 2. The molecule has 1 spiro atoms. The zero-order chi connectivity index (χ0) is 27.2. The maximum Gasteiger partial charge on any atom is 0.312 e. The third-order valence-corrected chi connectivity index (χ3v) is 8.65. The first-order valence-electron chi connectivity index (χ1n) is 13.4. The van der Waals surface area contributed by atoms with E-state index < -0.39 is 41.1 Å². The lowest BCUT2D eigenvalue weighted by atomic mass is 9.66. The summed E-state index contributed by atoms with van der Waals surface area (Å²) < 4.78 is 12.0. The van der Waals surface area contributed by atoms with Gasteiger partial charge in [-0.05, 0) is 63.6 Å². The average molecular weight is 521 g/mol. The fourth-order valence-corrected chi connectivity index (χ4v) is 6.99. The molecule has 8 heteroatoms. The number of esters is 1. The average Bonchev–Trinajstić information content (AvgIpc) is 3.46. The minimum Gasteiger partial charge on any atom is -0.466 e. The molecule has 0 aliphatic carbocycles. The van der Waals surface area contributed by atoms with E-state index in [1.54, 1.807) is 6.92 Å². The van der Waals surface area contributed by atoms with Crippen molar-refractivity contribution in [1.29, 1.82) is 0 Å². The molecule has 3 fully saturated rings. The zero-order valence-electron chi connectivity index (χ0n) is 22.4. The van der Waals surface area contributed by atoms with Crippen molar-refractivity contribution in [1.82, 2.24) is 4.90 Å². The second kappa shape index (κ2) is 9.82. The number of aliphatic hydroxyl groups is 1. The van der Waals surface area contributed by atoms with Crippen LogP contribution >= 0.6 is 0 Å². The number of carbonyl (C=O) groups is 3. The molecule has 2 unspecified atom stereocenters. The smallest absolute Gasteiger partial charge is 0.312 e. The van der Waals surface area contributed by atoms with Crippen LogP contribution < -0.4 is 5.32 Å². The summed E-state index contributed by atoms with van der Waals surface area (Å²) in [5.74, 6) is -2.88. The van der Waals surface area contributed by atoms with Crippen molar-refractivity contribution >= 4 is 23.5 Å². The number of para-hydroxylation sites is 1. The second-order valence-corrected chi connectivity index (χ2v) is 11.0. The normalized spacial score (nSPS) is 30.3. The first-order chi connectivity index (χ1) is 18.2. The van der Waals surface area contributed by atoms with E-state index in [1.165, 1.54) is 4.90 Å². The fraction of sp³-hybridized carbons (Fsp3) is 0.500. The Morgan fingerprint density at radius 3 is 2.45 bits per heavy atom.